The number of unbranched alkanes of at least 4 members (excludes halogenated alkanes) is 5. The molecule has 0 saturated heterocycles. The molecule has 84 valence electrons. The van der Waals surface area contributed by atoms with Gasteiger partial charge in [0.15, 0.2) is 0 Å². The van der Waals surface area contributed by atoms with E-state index in [1.807, 2.05) is 0 Å². The zero-order valence-corrected chi connectivity index (χ0v) is 12.0. The molecule has 0 saturated carbocycles. The van der Waals surface area contributed by atoms with Crippen molar-refractivity contribution in [1.82, 2.24) is 0 Å². The SMILES string of the molecule is C/C=C/CCCCCCC[Si](Cl)(Cl)Cl. The summed E-state index contributed by atoms with van der Waals surface area (Å²) >= 11 is 17.3. The lowest BCUT2D eigenvalue weighted by Crippen LogP contribution is -2.07. The largest absolute Gasteiger partial charge is 0.341 e. The second-order valence-electron chi connectivity index (χ2n) is 3.49. The maximum absolute atomic E-state index is 5.78. The Bertz CT molecular complexity index is 152. The minimum atomic E-state index is -2.33. The van der Waals surface area contributed by atoms with Crippen LogP contribution in [0.2, 0.25) is 6.04 Å². The Morgan fingerprint density at radius 1 is 0.929 bits per heavy atom. The summed E-state index contributed by atoms with van der Waals surface area (Å²) in [6.45, 7) is 2.06. The Labute approximate surface area is 103 Å². The average Bonchev–Trinajstić information content (AvgIpc) is 2.08. The van der Waals surface area contributed by atoms with Gasteiger partial charge in [0, 0.05) is 0 Å². The molecule has 14 heavy (non-hydrogen) atoms. The van der Waals surface area contributed by atoms with Crippen LogP contribution in [0.1, 0.15) is 45.4 Å². The summed E-state index contributed by atoms with van der Waals surface area (Å²) in [5, 5.41) is 0. The maximum Gasteiger partial charge on any atom is 0.341 e. The number of hydrogen-bond acceptors (Lipinski definition) is 0. The van der Waals surface area contributed by atoms with Crippen molar-refractivity contribution in [3.05, 3.63) is 12.2 Å². The Balaban J connectivity index is 3.07. The molecule has 0 N–H and O–H groups in total. The second-order valence-corrected chi connectivity index (χ2v) is 12.8. The lowest BCUT2D eigenvalue weighted by molar-refractivity contribution is 0.636. The van der Waals surface area contributed by atoms with E-state index in [0.29, 0.717) is 0 Å². The quantitative estimate of drug-likeness (QED) is 0.235. The average molecular weight is 274 g/mol. The van der Waals surface area contributed by atoms with Gasteiger partial charge in [0.05, 0.1) is 0 Å². The van der Waals surface area contributed by atoms with Crippen molar-refractivity contribution in [3.8, 4) is 0 Å². The number of rotatable bonds is 8. The van der Waals surface area contributed by atoms with E-state index in [-0.39, 0.29) is 0 Å². The Kier molecular flexibility index (Phi) is 9.62. The van der Waals surface area contributed by atoms with Crippen molar-refractivity contribution in [3.63, 3.8) is 0 Å². The molecule has 0 aliphatic rings. The normalized spacial score (nSPS) is 12.6. The van der Waals surface area contributed by atoms with Crippen molar-refractivity contribution in [1.29, 1.82) is 0 Å². The fourth-order valence-electron chi connectivity index (χ4n) is 1.28. The van der Waals surface area contributed by atoms with Gasteiger partial charge in [0.1, 0.15) is 0 Å². The molecule has 0 atom stereocenters. The van der Waals surface area contributed by atoms with Crippen LogP contribution in [0.5, 0.6) is 0 Å². The van der Waals surface area contributed by atoms with Gasteiger partial charge in [0.2, 0.25) is 0 Å². The Morgan fingerprint density at radius 3 is 2.07 bits per heavy atom. The summed E-state index contributed by atoms with van der Waals surface area (Å²) in [5.41, 5.74) is 0. The van der Waals surface area contributed by atoms with Crippen molar-refractivity contribution < 1.29 is 0 Å². The molecule has 0 aromatic heterocycles. The molecule has 0 aromatic rings. The van der Waals surface area contributed by atoms with E-state index in [2.05, 4.69) is 19.1 Å². The van der Waals surface area contributed by atoms with Gasteiger partial charge in [0.25, 0.3) is 0 Å². The molecule has 0 spiro atoms. The summed E-state index contributed by atoms with van der Waals surface area (Å²) < 4.78 is 0. The summed E-state index contributed by atoms with van der Waals surface area (Å²) in [6, 6.07) is -1.52. The molecule has 0 nitrogen and oxygen atoms in total. The first kappa shape index (κ1) is 14.8. The Hall–Kier alpha value is 0.827. The van der Waals surface area contributed by atoms with Gasteiger partial charge in [-0.25, -0.2) is 0 Å². The van der Waals surface area contributed by atoms with Crippen LogP contribution in [0.4, 0.5) is 0 Å². The van der Waals surface area contributed by atoms with Crippen LogP contribution in [-0.4, -0.2) is 6.00 Å². The topological polar surface area (TPSA) is 0 Å². The van der Waals surface area contributed by atoms with Crippen molar-refractivity contribution in [2.24, 2.45) is 0 Å². The van der Waals surface area contributed by atoms with E-state index in [0.717, 1.165) is 12.5 Å². The van der Waals surface area contributed by atoms with Crippen molar-refractivity contribution in [2.45, 2.75) is 51.5 Å². The van der Waals surface area contributed by atoms with Crippen LogP contribution in [0.15, 0.2) is 12.2 Å². The first-order chi connectivity index (χ1) is 6.56. The molecule has 0 fully saturated rings. The molecular formula is C10H19Cl3Si. The summed E-state index contributed by atoms with van der Waals surface area (Å²) in [5.74, 6) is 0. The van der Waals surface area contributed by atoms with Crippen LogP contribution >= 0.6 is 33.2 Å². The minimum absolute atomic E-state index is 0.812. The predicted molar refractivity (Wildman–Crippen MR) is 70.6 cm³/mol. The number of halogens is 3. The molecule has 0 rings (SSSR count). The number of hydrogen-bond donors (Lipinski definition) is 0. The van der Waals surface area contributed by atoms with Gasteiger partial charge in [-0.05, 0) is 25.8 Å². The fraction of sp³-hybridized carbons (Fsp3) is 0.800. The van der Waals surface area contributed by atoms with Crippen molar-refractivity contribution in [2.75, 3.05) is 0 Å². The molecule has 0 unspecified atom stereocenters. The molecule has 0 bridgehead atoms. The monoisotopic (exact) mass is 272 g/mol. The molecular weight excluding hydrogens is 255 g/mol. The van der Waals surface area contributed by atoms with Crippen LogP contribution in [0.25, 0.3) is 0 Å². The molecule has 0 aromatic carbocycles. The number of allylic oxidation sites excluding steroid dienone is 2. The van der Waals surface area contributed by atoms with Gasteiger partial charge >= 0.3 is 6.00 Å². The zero-order chi connectivity index (χ0) is 10.9. The highest BCUT2D eigenvalue weighted by Gasteiger charge is 2.23. The zero-order valence-electron chi connectivity index (χ0n) is 8.74. The molecule has 0 aliphatic carbocycles. The third kappa shape index (κ3) is 12.8. The first-order valence-corrected chi connectivity index (χ1v) is 10.5. The fourth-order valence-corrected chi connectivity index (χ4v) is 3.14. The standard InChI is InChI=1S/C10H19Cl3Si/c1-2-3-4-5-6-7-8-9-10-14(11,12)13/h2-3H,4-10H2,1H3/b3-2+. The van der Waals surface area contributed by atoms with Gasteiger partial charge in [-0.15, -0.1) is 33.2 Å². The minimum Gasteiger partial charge on any atom is -0.126 e. The van der Waals surface area contributed by atoms with Gasteiger partial charge in [-0.3, -0.25) is 0 Å². The predicted octanol–water partition coefficient (Wildman–Crippen LogP) is 5.56. The van der Waals surface area contributed by atoms with Crippen LogP contribution in [0.3, 0.4) is 0 Å². The lowest BCUT2D eigenvalue weighted by atomic mass is 10.1. The maximum atomic E-state index is 5.78. The van der Waals surface area contributed by atoms with E-state index in [4.69, 9.17) is 33.2 Å². The third-order valence-corrected chi connectivity index (χ3v) is 4.69. The molecule has 0 heterocycles. The first-order valence-electron chi connectivity index (χ1n) is 5.24. The summed E-state index contributed by atoms with van der Waals surface area (Å²) in [6.07, 6.45) is 11.7. The molecule has 0 aliphatic heterocycles. The highest BCUT2D eigenvalue weighted by molar-refractivity contribution is 7.64. The van der Waals surface area contributed by atoms with E-state index in [1.165, 1.54) is 32.1 Å². The van der Waals surface area contributed by atoms with Crippen molar-refractivity contribution >= 4 is 39.2 Å². The van der Waals surface area contributed by atoms with Gasteiger partial charge in [-0.2, -0.15) is 0 Å². The van der Waals surface area contributed by atoms with Gasteiger partial charge < -0.3 is 0 Å². The van der Waals surface area contributed by atoms with Gasteiger partial charge in [-0.1, -0.05) is 37.8 Å². The molecule has 4 heteroatoms. The molecule has 0 radical (unpaired) electrons. The Morgan fingerprint density at radius 2 is 1.50 bits per heavy atom. The third-order valence-electron chi connectivity index (χ3n) is 2.07. The van der Waals surface area contributed by atoms with Crippen LogP contribution < -0.4 is 0 Å². The van der Waals surface area contributed by atoms with Crippen LogP contribution in [0, 0.1) is 0 Å². The second kappa shape index (κ2) is 9.08. The van der Waals surface area contributed by atoms with Crippen LogP contribution in [-0.2, 0) is 0 Å². The van der Waals surface area contributed by atoms with E-state index in [9.17, 15) is 0 Å². The highest BCUT2D eigenvalue weighted by Crippen LogP contribution is 2.27. The van der Waals surface area contributed by atoms with E-state index < -0.39 is 6.00 Å². The summed E-state index contributed by atoms with van der Waals surface area (Å²) in [7, 11) is 0. The lowest BCUT2D eigenvalue weighted by Gasteiger charge is -2.06. The highest BCUT2D eigenvalue weighted by atomic mass is 35.8. The van der Waals surface area contributed by atoms with E-state index in [1.54, 1.807) is 0 Å². The molecule has 0 amide bonds. The summed E-state index contributed by atoms with van der Waals surface area (Å²) in [4.78, 5) is 0. The smallest absolute Gasteiger partial charge is 0.126 e. The van der Waals surface area contributed by atoms with E-state index >= 15 is 0 Å².